The number of hydrogen-bond acceptors (Lipinski definition) is 6. The molecule has 0 N–H and O–H groups in total. The molecule has 9 rings (SSSR count). The topological polar surface area (TPSA) is 40.6 Å². The van der Waals surface area contributed by atoms with E-state index in [-0.39, 0.29) is 5.43 Å². The number of anilines is 4. The van der Waals surface area contributed by atoms with Crippen molar-refractivity contribution in [2.24, 2.45) is 0 Å². The molecule has 4 nitrogen and oxygen atoms in total. The average Bonchev–Trinajstić information content (AvgIpc) is 3.27. The van der Waals surface area contributed by atoms with E-state index in [1.807, 2.05) is 73.7 Å². The van der Waals surface area contributed by atoms with Gasteiger partial charge in [-0.2, -0.15) is 0 Å². The highest BCUT2D eigenvalue weighted by Gasteiger charge is 2.29. The summed E-state index contributed by atoms with van der Waals surface area (Å²) in [7, 11) is -1.25. The maximum absolute atomic E-state index is 14.1. The van der Waals surface area contributed by atoms with Crippen LogP contribution in [-0.4, -0.2) is 4.21 Å². The summed E-state index contributed by atoms with van der Waals surface area (Å²) in [5.74, 6) is 0. The number of hydrogen-bond donors (Lipinski definition) is 0. The van der Waals surface area contributed by atoms with Crippen molar-refractivity contribution >= 4 is 76.8 Å². The minimum Gasteiger partial charge on any atom is -0.309 e. The maximum atomic E-state index is 14.1. The molecule has 0 aliphatic carbocycles. The number of rotatable bonds is 8. The second-order valence-electron chi connectivity index (χ2n) is 14.0. The van der Waals surface area contributed by atoms with E-state index in [1.165, 1.54) is 10.6 Å². The summed E-state index contributed by atoms with van der Waals surface area (Å²) in [6.45, 7) is 10.4. The maximum Gasteiger partial charge on any atom is 0.195 e. The molecule has 0 fully saturated rings. The van der Waals surface area contributed by atoms with Gasteiger partial charge in [0.15, 0.2) is 5.43 Å². The Morgan fingerprint density at radius 1 is 0.621 bits per heavy atom. The minimum absolute atomic E-state index is 0.0398. The quantitative estimate of drug-likeness (QED) is 0.143. The van der Waals surface area contributed by atoms with Gasteiger partial charge in [0, 0.05) is 41.4 Å². The second-order valence-corrected chi connectivity index (χ2v) is 17.7. The Balaban J connectivity index is 1.02. The fraction of sp³-hybridized carbons (Fsp3) is 0.0784. The zero-order valence-corrected chi connectivity index (χ0v) is 34.9. The van der Waals surface area contributed by atoms with Crippen LogP contribution in [0.3, 0.4) is 0 Å². The summed E-state index contributed by atoms with van der Waals surface area (Å²) in [5.41, 5.74) is 10.4. The molecule has 0 amide bonds. The Morgan fingerprint density at radius 2 is 1.17 bits per heavy atom. The lowest BCUT2D eigenvalue weighted by Gasteiger charge is -2.34. The number of thioether (sulfide) groups is 1. The third-order valence-electron chi connectivity index (χ3n) is 10.6. The fourth-order valence-corrected chi connectivity index (χ4v) is 11.3. The van der Waals surface area contributed by atoms with E-state index in [1.54, 1.807) is 23.1 Å². The van der Waals surface area contributed by atoms with Crippen LogP contribution in [0.1, 0.15) is 27.2 Å². The van der Waals surface area contributed by atoms with Crippen LogP contribution in [-0.2, 0) is 10.8 Å². The highest BCUT2D eigenvalue weighted by atomic mass is 32.2. The number of para-hydroxylation sites is 2. The molecule has 0 unspecified atom stereocenters. The zero-order chi connectivity index (χ0) is 39.9. The molecular weight excluding hydrogens is 769 g/mol. The summed E-state index contributed by atoms with van der Waals surface area (Å²) >= 11 is 3.44. The van der Waals surface area contributed by atoms with Crippen LogP contribution in [0.15, 0.2) is 206 Å². The van der Waals surface area contributed by atoms with Crippen molar-refractivity contribution < 1.29 is 4.21 Å². The Bertz CT molecular complexity index is 2940. The van der Waals surface area contributed by atoms with Gasteiger partial charge >= 0.3 is 0 Å². The van der Waals surface area contributed by atoms with E-state index in [4.69, 9.17) is 0 Å². The molecule has 58 heavy (non-hydrogen) atoms. The van der Waals surface area contributed by atoms with Crippen LogP contribution >= 0.6 is 23.1 Å². The van der Waals surface area contributed by atoms with E-state index >= 15 is 0 Å². The fourth-order valence-electron chi connectivity index (χ4n) is 7.86. The van der Waals surface area contributed by atoms with Crippen molar-refractivity contribution in [1.29, 1.82) is 0 Å². The molecule has 0 saturated heterocycles. The van der Waals surface area contributed by atoms with Gasteiger partial charge in [-0.3, -0.25) is 4.79 Å². The smallest absolute Gasteiger partial charge is 0.195 e. The molecule has 6 aromatic carbocycles. The highest BCUT2D eigenvalue weighted by molar-refractivity contribution is 8.07. The lowest BCUT2D eigenvalue weighted by Crippen LogP contribution is -2.24. The van der Waals surface area contributed by atoms with Crippen molar-refractivity contribution in [3.8, 4) is 22.3 Å². The summed E-state index contributed by atoms with van der Waals surface area (Å²) < 4.78 is 15.3. The predicted octanol–water partition coefficient (Wildman–Crippen LogP) is 14.4. The highest BCUT2D eigenvalue weighted by Crippen LogP contribution is 2.47. The van der Waals surface area contributed by atoms with Gasteiger partial charge in [-0.25, -0.2) is 4.21 Å². The molecule has 7 aromatic rings. The van der Waals surface area contributed by atoms with E-state index in [0.717, 1.165) is 92.0 Å². The van der Waals surface area contributed by atoms with Gasteiger partial charge in [0.2, 0.25) is 0 Å². The number of fused-ring (bicyclic) bond motifs is 4. The molecule has 0 atom stereocenters. The number of nitrogens with zero attached hydrogens (tertiary/aromatic N) is 2. The summed E-state index contributed by atoms with van der Waals surface area (Å²) in [5, 5.41) is 1.44. The number of allylic oxidation sites excluding steroid dienone is 6. The van der Waals surface area contributed by atoms with Gasteiger partial charge < -0.3 is 9.80 Å². The van der Waals surface area contributed by atoms with Gasteiger partial charge in [-0.1, -0.05) is 104 Å². The van der Waals surface area contributed by atoms with Crippen molar-refractivity contribution in [2.75, 3.05) is 9.80 Å². The van der Waals surface area contributed by atoms with Crippen molar-refractivity contribution in [3.05, 3.63) is 202 Å². The largest absolute Gasteiger partial charge is 0.309 e. The molecule has 3 heterocycles. The van der Waals surface area contributed by atoms with Crippen molar-refractivity contribution in [3.63, 3.8) is 0 Å². The van der Waals surface area contributed by atoms with Crippen LogP contribution in [0.4, 0.5) is 22.7 Å². The lowest BCUT2D eigenvalue weighted by atomic mass is 10.0. The minimum atomic E-state index is -1.25. The lowest BCUT2D eigenvalue weighted by molar-refractivity contribution is 0.682. The Hall–Kier alpha value is -5.99. The monoisotopic (exact) mass is 808 g/mol. The Morgan fingerprint density at radius 3 is 1.78 bits per heavy atom. The summed E-state index contributed by atoms with van der Waals surface area (Å²) in [6, 6.07) is 45.2. The molecule has 0 radical (unpaired) electrons. The van der Waals surface area contributed by atoms with Crippen molar-refractivity contribution in [2.45, 2.75) is 37.0 Å². The van der Waals surface area contributed by atoms with Crippen LogP contribution in [0, 0.1) is 0 Å². The summed E-state index contributed by atoms with van der Waals surface area (Å²) in [6.07, 6.45) is 11.4. The Kier molecular flexibility index (Phi) is 10.2. The van der Waals surface area contributed by atoms with Crippen LogP contribution in [0.2, 0.25) is 0 Å². The van der Waals surface area contributed by atoms with Crippen LogP contribution in [0.25, 0.3) is 42.4 Å². The van der Waals surface area contributed by atoms with Crippen LogP contribution in [0.5, 0.6) is 0 Å². The Labute approximate surface area is 350 Å². The van der Waals surface area contributed by atoms with E-state index in [9.17, 15) is 9.00 Å². The SMILES string of the molecule is C=CC1=C(/C=C\C)N(c2ccc(-c3ccc4c(=O)c5cc(-c6ccc(N7c8ccccc8S(=O)c8ccccc87)cc6)ccc5sc4c3)cc2)C(/C=C\C)=C(CC)S1. The molecule has 2 aliphatic rings. The standard InChI is InChI=1S/C51H40N2O2S3/c1-5-13-41-45(7-3)56-46(8-4)42(14-6-2)52(41)37-25-21-34(22-26-37)36-23-29-39-48(32-36)57-47-30-24-35(31-40(47)51(39)54)33-19-27-38(28-20-33)53-43-15-9-11-17-49(43)58(55)50-18-12-10-16-44(50)53/h5-7,9-32H,3,8H2,1-2,4H3/b13-5-,14-6-. The number of benzene rings is 6. The molecule has 7 heteroatoms. The normalized spacial score (nSPS) is 14.6. The van der Waals surface area contributed by atoms with Crippen LogP contribution < -0.4 is 15.2 Å². The van der Waals surface area contributed by atoms with E-state index < -0.39 is 10.8 Å². The first-order valence-electron chi connectivity index (χ1n) is 19.4. The second kappa shape index (κ2) is 15.7. The first-order valence-corrected chi connectivity index (χ1v) is 22.1. The molecule has 0 bridgehead atoms. The van der Waals surface area contributed by atoms with Gasteiger partial charge in [-0.15, -0.1) is 11.3 Å². The molecule has 0 saturated carbocycles. The van der Waals surface area contributed by atoms with Gasteiger partial charge in [-0.05, 0) is 127 Å². The first kappa shape index (κ1) is 37.6. The van der Waals surface area contributed by atoms with Crippen molar-refractivity contribution in [1.82, 2.24) is 0 Å². The van der Waals surface area contributed by atoms with E-state index in [2.05, 4.69) is 127 Å². The molecular formula is C51H40N2O2S3. The van der Waals surface area contributed by atoms with Gasteiger partial charge in [0.05, 0.1) is 43.4 Å². The predicted molar refractivity (Wildman–Crippen MR) is 250 cm³/mol. The third kappa shape index (κ3) is 6.49. The zero-order valence-electron chi connectivity index (χ0n) is 32.4. The molecule has 1 aromatic heterocycles. The van der Waals surface area contributed by atoms with E-state index in [0.29, 0.717) is 0 Å². The summed E-state index contributed by atoms with van der Waals surface area (Å²) in [4.78, 5) is 22.6. The first-order chi connectivity index (χ1) is 28.4. The van der Waals surface area contributed by atoms with Gasteiger partial charge in [0.1, 0.15) is 0 Å². The molecule has 2 aliphatic heterocycles. The molecule has 284 valence electrons. The molecule has 0 spiro atoms. The van der Waals surface area contributed by atoms with Gasteiger partial charge in [0.25, 0.3) is 0 Å². The average molecular weight is 809 g/mol. The third-order valence-corrected chi connectivity index (χ3v) is 14.6.